The summed E-state index contributed by atoms with van der Waals surface area (Å²) in [6.07, 6.45) is 1.24. The molecule has 2 fully saturated rings. The molecule has 4 heteroatoms. The van der Waals surface area contributed by atoms with Crippen molar-refractivity contribution in [2.75, 3.05) is 50.0 Å². The second-order valence-electron chi connectivity index (χ2n) is 5.53. The van der Waals surface area contributed by atoms with Gasteiger partial charge in [-0.1, -0.05) is 6.07 Å². The predicted octanol–water partition coefficient (Wildman–Crippen LogP) is 1.49. The molecule has 3 rings (SSSR count). The van der Waals surface area contributed by atoms with Gasteiger partial charge in [0.05, 0.1) is 13.2 Å². The molecule has 0 amide bonds. The van der Waals surface area contributed by atoms with Gasteiger partial charge in [0, 0.05) is 43.6 Å². The molecule has 2 aliphatic heterocycles. The van der Waals surface area contributed by atoms with Crippen LogP contribution in [0.15, 0.2) is 18.2 Å². The van der Waals surface area contributed by atoms with Gasteiger partial charge in [-0.2, -0.15) is 0 Å². The molecule has 19 heavy (non-hydrogen) atoms. The van der Waals surface area contributed by atoms with Crippen molar-refractivity contribution in [1.82, 2.24) is 4.90 Å². The number of ether oxygens (including phenoxy) is 1. The molecule has 1 aromatic rings. The Kier molecular flexibility index (Phi) is 3.62. The van der Waals surface area contributed by atoms with Crippen LogP contribution in [-0.4, -0.2) is 50.3 Å². The summed E-state index contributed by atoms with van der Waals surface area (Å²) in [6, 6.07) is 6.89. The Balaban J connectivity index is 1.69. The van der Waals surface area contributed by atoms with E-state index in [4.69, 9.17) is 10.5 Å². The van der Waals surface area contributed by atoms with Gasteiger partial charge in [-0.05, 0) is 31.0 Å². The Morgan fingerprint density at radius 1 is 1.21 bits per heavy atom. The minimum Gasteiger partial charge on any atom is -0.398 e. The average Bonchev–Trinajstić information content (AvgIpc) is 2.92. The fourth-order valence-corrected chi connectivity index (χ4v) is 3.18. The van der Waals surface area contributed by atoms with Gasteiger partial charge in [-0.25, -0.2) is 0 Å². The molecule has 0 spiro atoms. The number of hydrogen-bond acceptors (Lipinski definition) is 4. The highest BCUT2D eigenvalue weighted by Crippen LogP contribution is 2.29. The van der Waals surface area contributed by atoms with Crippen LogP contribution in [0.3, 0.4) is 0 Å². The molecule has 2 heterocycles. The summed E-state index contributed by atoms with van der Waals surface area (Å²) in [5, 5.41) is 0. The Morgan fingerprint density at radius 2 is 2.00 bits per heavy atom. The second-order valence-corrected chi connectivity index (χ2v) is 5.53. The van der Waals surface area contributed by atoms with E-state index < -0.39 is 0 Å². The lowest BCUT2D eigenvalue weighted by molar-refractivity contribution is 0.0209. The molecule has 0 aromatic heterocycles. The van der Waals surface area contributed by atoms with Crippen molar-refractivity contribution in [3.63, 3.8) is 0 Å². The highest BCUT2D eigenvalue weighted by Gasteiger charge is 2.29. The van der Waals surface area contributed by atoms with Gasteiger partial charge in [0.2, 0.25) is 0 Å². The molecule has 0 saturated carbocycles. The van der Waals surface area contributed by atoms with E-state index in [9.17, 15) is 0 Å². The normalized spacial score (nSPS) is 24.9. The summed E-state index contributed by atoms with van der Waals surface area (Å²) in [5.41, 5.74) is 9.42. The first-order chi connectivity index (χ1) is 9.25. The third-order valence-corrected chi connectivity index (χ3v) is 4.41. The number of benzene rings is 1. The van der Waals surface area contributed by atoms with Gasteiger partial charge in [0.15, 0.2) is 0 Å². The lowest BCUT2D eigenvalue weighted by Crippen LogP contribution is -2.44. The number of nitrogen functional groups attached to an aromatic ring is 1. The molecular formula is C15H23N3O. The maximum atomic E-state index is 6.01. The van der Waals surface area contributed by atoms with E-state index in [1.54, 1.807) is 0 Å². The molecule has 1 atom stereocenters. The van der Waals surface area contributed by atoms with Gasteiger partial charge >= 0.3 is 0 Å². The molecule has 1 unspecified atom stereocenters. The van der Waals surface area contributed by atoms with Crippen LogP contribution in [0.1, 0.15) is 12.0 Å². The minimum atomic E-state index is 0.671. The van der Waals surface area contributed by atoms with Crippen molar-refractivity contribution in [3.8, 4) is 0 Å². The van der Waals surface area contributed by atoms with Gasteiger partial charge < -0.3 is 15.4 Å². The number of nitrogens with zero attached hydrogens (tertiary/aromatic N) is 2. The molecule has 2 N–H and O–H groups in total. The third kappa shape index (κ3) is 2.55. The Bertz CT molecular complexity index is 443. The van der Waals surface area contributed by atoms with Crippen LogP contribution < -0.4 is 10.6 Å². The lowest BCUT2D eigenvalue weighted by Gasteiger charge is -2.32. The summed E-state index contributed by atoms with van der Waals surface area (Å²) in [6.45, 7) is 8.29. The molecule has 0 radical (unpaired) electrons. The highest BCUT2D eigenvalue weighted by molar-refractivity contribution is 5.64. The fraction of sp³-hybridized carbons (Fsp3) is 0.600. The van der Waals surface area contributed by atoms with Crippen molar-refractivity contribution in [2.24, 2.45) is 0 Å². The topological polar surface area (TPSA) is 41.7 Å². The highest BCUT2D eigenvalue weighted by atomic mass is 16.5. The largest absolute Gasteiger partial charge is 0.398 e. The van der Waals surface area contributed by atoms with Gasteiger partial charge in [0.1, 0.15) is 0 Å². The van der Waals surface area contributed by atoms with E-state index in [1.165, 1.54) is 17.7 Å². The molecule has 0 aliphatic carbocycles. The SMILES string of the molecule is Cc1c(N)cccc1N1CCC(N2CCOCC2)C1. The maximum Gasteiger partial charge on any atom is 0.0594 e. The maximum absolute atomic E-state index is 6.01. The van der Waals surface area contributed by atoms with Crippen LogP contribution in [0.2, 0.25) is 0 Å². The first kappa shape index (κ1) is 12.8. The Hall–Kier alpha value is -1.26. The molecule has 1 aromatic carbocycles. The van der Waals surface area contributed by atoms with Gasteiger partial charge in [0.25, 0.3) is 0 Å². The first-order valence-electron chi connectivity index (χ1n) is 7.17. The summed E-state index contributed by atoms with van der Waals surface area (Å²) in [4.78, 5) is 5.05. The number of hydrogen-bond donors (Lipinski definition) is 1. The second kappa shape index (κ2) is 5.39. The van der Waals surface area contributed by atoms with Gasteiger partial charge in [-0.15, -0.1) is 0 Å². The molecular weight excluding hydrogens is 238 g/mol. The monoisotopic (exact) mass is 261 g/mol. The van der Waals surface area contributed by atoms with E-state index in [0.29, 0.717) is 6.04 Å². The first-order valence-corrected chi connectivity index (χ1v) is 7.17. The van der Waals surface area contributed by atoms with E-state index in [0.717, 1.165) is 45.1 Å². The van der Waals surface area contributed by atoms with E-state index in [2.05, 4.69) is 28.9 Å². The molecule has 2 saturated heterocycles. The van der Waals surface area contributed by atoms with Crippen molar-refractivity contribution in [3.05, 3.63) is 23.8 Å². The van der Waals surface area contributed by atoms with Crippen LogP contribution >= 0.6 is 0 Å². The quantitative estimate of drug-likeness (QED) is 0.819. The van der Waals surface area contributed by atoms with E-state index in [-0.39, 0.29) is 0 Å². The van der Waals surface area contributed by atoms with Gasteiger partial charge in [-0.3, -0.25) is 4.90 Å². The zero-order chi connectivity index (χ0) is 13.2. The Morgan fingerprint density at radius 3 is 2.79 bits per heavy atom. The van der Waals surface area contributed by atoms with Crippen LogP contribution in [0.5, 0.6) is 0 Å². The fourth-order valence-electron chi connectivity index (χ4n) is 3.18. The van der Waals surface area contributed by atoms with Crippen molar-refractivity contribution < 1.29 is 4.74 Å². The predicted molar refractivity (Wildman–Crippen MR) is 78.6 cm³/mol. The smallest absolute Gasteiger partial charge is 0.0594 e. The number of anilines is 2. The third-order valence-electron chi connectivity index (χ3n) is 4.41. The van der Waals surface area contributed by atoms with Crippen LogP contribution in [0.25, 0.3) is 0 Å². The van der Waals surface area contributed by atoms with Crippen molar-refractivity contribution >= 4 is 11.4 Å². The lowest BCUT2D eigenvalue weighted by atomic mass is 10.1. The summed E-state index contributed by atoms with van der Waals surface area (Å²) in [5.74, 6) is 0. The zero-order valence-corrected chi connectivity index (χ0v) is 11.6. The van der Waals surface area contributed by atoms with Crippen LogP contribution in [0.4, 0.5) is 11.4 Å². The van der Waals surface area contributed by atoms with Crippen LogP contribution in [0, 0.1) is 6.92 Å². The van der Waals surface area contributed by atoms with E-state index in [1.807, 2.05) is 6.07 Å². The van der Waals surface area contributed by atoms with Crippen molar-refractivity contribution in [1.29, 1.82) is 0 Å². The van der Waals surface area contributed by atoms with Crippen LogP contribution in [-0.2, 0) is 4.74 Å². The number of morpholine rings is 1. The molecule has 4 nitrogen and oxygen atoms in total. The summed E-state index contributed by atoms with van der Waals surface area (Å²) < 4.78 is 5.43. The number of rotatable bonds is 2. The number of nitrogens with two attached hydrogens (primary N) is 1. The standard InChI is InChI=1S/C15H23N3O/c1-12-14(16)3-2-4-15(12)18-6-5-13(11-18)17-7-9-19-10-8-17/h2-4,13H,5-11,16H2,1H3. The summed E-state index contributed by atoms with van der Waals surface area (Å²) >= 11 is 0. The molecule has 0 bridgehead atoms. The molecule has 2 aliphatic rings. The Labute approximate surface area is 115 Å². The zero-order valence-electron chi connectivity index (χ0n) is 11.6. The van der Waals surface area contributed by atoms with E-state index >= 15 is 0 Å². The average molecular weight is 261 g/mol. The van der Waals surface area contributed by atoms with Crippen molar-refractivity contribution in [2.45, 2.75) is 19.4 Å². The molecule has 104 valence electrons. The minimum absolute atomic E-state index is 0.671. The summed E-state index contributed by atoms with van der Waals surface area (Å²) in [7, 11) is 0.